The Bertz CT molecular complexity index is 1090. The molecule has 6 aliphatic rings. The largest absolute Gasteiger partial charge is 0.481 e. The summed E-state index contributed by atoms with van der Waals surface area (Å²) in [5.41, 5.74) is -0.183. The molecule has 15 atom stereocenters. The van der Waals surface area contributed by atoms with E-state index in [0.717, 1.165) is 64.2 Å². The van der Waals surface area contributed by atoms with Crippen LogP contribution < -0.4 is 0 Å². The average Bonchev–Trinajstić information content (AvgIpc) is 2.94. The summed E-state index contributed by atoms with van der Waals surface area (Å²) in [5, 5.41) is 63.7. The number of carbonyl (C=O) groups is 1. The molecular weight excluding hydrogens is 536 g/mol. The molecule has 5 fully saturated rings. The van der Waals surface area contributed by atoms with E-state index >= 15 is 0 Å². The zero-order chi connectivity index (χ0) is 30.4. The van der Waals surface area contributed by atoms with E-state index in [1.165, 1.54) is 5.57 Å². The van der Waals surface area contributed by atoms with Crippen molar-refractivity contribution in [2.75, 3.05) is 6.61 Å². The molecule has 0 radical (unpaired) electrons. The smallest absolute Gasteiger partial charge is 0.310 e. The lowest BCUT2D eigenvalue weighted by molar-refractivity contribution is -0.247. The van der Waals surface area contributed by atoms with E-state index in [0.29, 0.717) is 24.2 Å². The third-order valence-corrected chi connectivity index (χ3v) is 14.3. The molecule has 0 aromatic heterocycles. The molecule has 8 nitrogen and oxygen atoms in total. The second-order valence-corrected chi connectivity index (χ2v) is 16.1. The topological polar surface area (TPSA) is 148 Å². The maximum Gasteiger partial charge on any atom is 0.310 e. The first-order chi connectivity index (χ1) is 19.7. The molecule has 1 saturated heterocycles. The van der Waals surface area contributed by atoms with Crippen molar-refractivity contribution < 1.29 is 40.2 Å². The van der Waals surface area contributed by atoms with Gasteiger partial charge in [0.05, 0.1) is 23.7 Å². The van der Waals surface area contributed by atoms with Gasteiger partial charge in [0.15, 0.2) is 0 Å². The number of allylic oxidation sites excluding steroid dienone is 2. The molecule has 238 valence electrons. The molecular formula is C34H54O8. The highest BCUT2D eigenvalue weighted by Crippen LogP contribution is 2.71. The van der Waals surface area contributed by atoms with Gasteiger partial charge in [-0.3, -0.25) is 4.79 Å². The molecule has 0 aromatic carbocycles. The second-order valence-electron chi connectivity index (χ2n) is 16.1. The van der Waals surface area contributed by atoms with E-state index in [-0.39, 0.29) is 28.6 Å². The van der Waals surface area contributed by atoms with Crippen LogP contribution in [0.25, 0.3) is 0 Å². The van der Waals surface area contributed by atoms with Crippen molar-refractivity contribution in [2.45, 2.75) is 134 Å². The first-order valence-corrected chi connectivity index (χ1v) is 16.7. The quantitative estimate of drug-likeness (QED) is 0.272. The summed E-state index contributed by atoms with van der Waals surface area (Å²) in [7, 11) is 0. The molecule has 4 saturated carbocycles. The maximum atomic E-state index is 12.7. The third-order valence-electron chi connectivity index (χ3n) is 14.3. The number of carboxylic acid groups (broad SMARTS) is 1. The molecule has 14 unspecified atom stereocenters. The van der Waals surface area contributed by atoms with E-state index in [2.05, 4.69) is 26.8 Å². The summed E-state index contributed by atoms with van der Waals surface area (Å²) < 4.78 is 5.85. The fourth-order valence-electron chi connectivity index (χ4n) is 11.9. The van der Waals surface area contributed by atoms with Crippen LogP contribution in [0.5, 0.6) is 0 Å². The zero-order valence-electron chi connectivity index (χ0n) is 25.9. The average molecular weight is 591 g/mol. The lowest BCUT2D eigenvalue weighted by atomic mass is 9.37. The van der Waals surface area contributed by atoms with Crippen molar-refractivity contribution >= 4 is 5.97 Å². The fraction of sp³-hybridized carbons (Fsp3) is 0.912. The second kappa shape index (κ2) is 10.5. The first kappa shape index (κ1) is 31.0. The summed E-state index contributed by atoms with van der Waals surface area (Å²) in [4.78, 5) is 12.7. The Morgan fingerprint density at radius 3 is 2.24 bits per heavy atom. The number of hydrogen-bond acceptors (Lipinski definition) is 7. The molecule has 0 spiro atoms. The lowest BCUT2D eigenvalue weighted by Crippen LogP contribution is -2.65. The van der Waals surface area contributed by atoms with Crippen LogP contribution in [0, 0.1) is 51.8 Å². The number of rotatable bonds is 4. The van der Waals surface area contributed by atoms with Crippen LogP contribution in [0.1, 0.15) is 98.3 Å². The van der Waals surface area contributed by atoms with E-state index in [9.17, 15) is 35.4 Å². The summed E-state index contributed by atoms with van der Waals surface area (Å²) in [5.74, 6) is 0.802. The number of carboxylic acids is 1. The van der Waals surface area contributed by atoms with Crippen LogP contribution >= 0.6 is 0 Å². The normalized spacial score (nSPS) is 55.8. The maximum absolute atomic E-state index is 12.7. The molecule has 5 aliphatic carbocycles. The highest BCUT2D eigenvalue weighted by Gasteiger charge is 2.66. The Morgan fingerprint density at radius 1 is 0.881 bits per heavy atom. The molecule has 42 heavy (non-hydrogen) atoms. The van der Waals surface area contributed by atoms with Crippen molar-refractivity contribution in [1.82, 2.24) is 0 Å². The third kappa shape index (κ3) is 4.33. The Labute approximate surface area is 250 Å². The first-order valence-electron chi connectivity index (χ1n) is 16.7. The van der Waals surface area contributed by atoms with Gasteiger partial charge in [0.25, 0.3) is 0 Å². The van der Waals surface area contributed by atoms with Gasteiger partial charge in [-0.15, -0.1) is 0 Å². The molecule has 6 rings (SSSR count). The summed E-state index contributed by atoms with van der Waals surface area (Å²) in [6, 6.07) is 0. The van der Waals surface area contributed by atoms with Gasteiger partial charge in [-0.1, -0.05) is 32.4 Å². The van der Waals surface area contributed by atoms with Crippen molar-refractivity contribution in [2.24, 2.45) is 51.8 Å². The van der Waals surface area contributed by atoms with Gasteiger partial charge in [0.1, 0.15) is 24.4 Å². The SMILES string of the molecule is CC1CCC2(C(=O)O)CCC3C(=CCC4C3(C)CCC3C4(C)CCC(CC4OC(CO)C(O)C(O)C4O)[C@@]3(C)O)C2C1. The van der Waals surface area contributed by atoms with Gasteiger partial charge in [-0.25, -0.2) is 0 Å². The van der Waals surface area contributed by atoms with Gasteiger partial charge in [0.2, 0.25) is 0 Å². The predicted octanol–water partition coefficient (Wildman–Crippen LogP) is 3.67. The minimum Gasteiger partial charge on any atom is -0.481 e. The highest BCUT2D eigenvalue weighted by atomic mass is 16.5. The van der Waals surface area contributed by atoms with Gasteiger partial charge in [-0.05, 0) is 124 Å². The summed E-state index contributed by atoms with van der Waals surface area (Å²) in [6.45, 7) is 8.62. The highest BCUT2D eigenvalue weighted by molar-refractivity contribution is 5.76. The minimum atomic E-state index is -1.40. The Kier molecular flexibility index (Phi) is 7.76. The fourth-order valence-corrected chi connectivity index (χ4v) is 11.9. The predicted molar refractivity (Wildman–Crippen MR) is 156 cm³/mol. The molecule has 6 N–H and O–H groups in total. The Balaban J connectivity index is 1.25. The Morgan fingerprint density at radius 2 is 1.55 bits per heavy atom. The number of aliphatic carboxylic acids is 1. The number of aliphatic hydroxyl groups is 5. The van der Waals surface area contributed by atoms with Crippen LogP contribution in [0.2, 0.25) is 0 Å². The molecule has 8 heteroatoms. The molecule has 0 amide bonds. The molecule has 1 aliphatic heterocycles. The van der Waals surface area contributed by atoms with Crippen LogP contribution in [0.15, 0.2) is 11.6 Å². The number of fused-ring (bicyclic) bond motifs is 7. The van der Waals surface area contributed by atoms with Gasteiger partial charge < -0.3 is 35.4 Å². The van der Waals surface area contributed by atoms with E-state index in [4.69, 9.17) is 4.74 Å². The summed E-state index contributed by atoms with van der Waals surface area (Å²) in [6.07, 6.45) is 6.05. The monoisotopic (exact) mass is 590 g/mol. The van der Waals surface area contributed by atoms with Crippen molar-refractivity contribution in [1.29, 1.82) is 0 Å². The molecule has 1 heterocycles. The van der Waals surface area contributed by atoms with Crippen LogP contribution in [0.4, 0.5) is 0 Å². The molecule has 0 aromatic rings. The van der Waals surface area contributed by atoms with Gasteiger partial charge in [-0.2, -0.15) is 0 Å². The summed E-state index contributed by atoms with van der Waals surface area (Å²) >= 11 is 0. The number of hydrogen-bond donors (Lipinski definition) is 6. The van der Waals surface area contributed by atoms with Crippen molar-refractivity contribution in [3.63, 3.8) is 0 Å². The minimum absolute atomic E-state index is 0.0677. The van der Waals surface area contributed by atoms with Crippen LogP contribution in [-0.4, -0.2) is 79.3 Å². The standard InChI is InChI=1S/C34H54O8/c1-18-7-13-34(30(39)40)14-9-21-20(22(34)15-18)5-6-25-31(21,2)12-10-26-32(25,3)11-8-19(33(26,4)41)16-23-27(36)29(38)28(37)24(17-35)42-23/h5,18-19,21-29,35-38,41H,6-17H2,1-4H3,(H,39,40)/t18?,19?,21?,22?,23?,24?,25?,26?,27?,28?,29?,31?,32?,33-,34?/m1/s1. The van der Waals surface area contributed by atoms with Crippen LogP contribution in [0.3, 0.4) is 0 Å². The van der Waals surface area contributed by atoms with E-state index < -0.39 is 54.1 Å². The van der Waals surface area contributed by atoms with Crippen molar-refractivity contribution in [3.8, 4) is 0 Å². The molecule has 0 bridgehead atoms. The zero-order valence-corrected chi connectivity index (χ0v) is 25.9. The van der Waals surface area contributed by atoms with Gasteiger partial charge in [0, 0.05) is 0 Å². The van der Waals surface area contributed by atoms with E-state index in [1.54, 1.807) is 0 Å². The number of ether oxygens (including phenoxy) is 1. The van der Waals surface area contributed by atoms with Gasteiger partial charge >= 0.3 is 5.97 Å². The van der Waals surface area contributed by atoms with Crippen molar-refractivity contribution in [3.05, 3.63) is 11.6 Å². The lowest BCUT2D eigenvalue weighted by Gasteiger charge is -2.68. The number of aliphatic hydroxyl groups excluding tert-OH is 4. The van der Waals surface area contributed by atoms with E-state index in [1.807, 2.05) is 6.92 Å². The Hall–Kier alpha value is -1.03. The van der Waals surface area contributed by atoms with Crippen LogP contribution in [-0.2, 0) is 9.53 Å².